The lowest BCUT2D eigenvalue weighted by atomic mass is 10.3. The summed E-state index contributed by atoms with van der Waals surface area (Å²) in [4.78, 5) is 17.6. The number of hydrogen-bond donors (Lipinski definition) is 2. The Hall–Kier alpha value is -1.37. The van der Waals surface area contributed by atoms with E-state index in [0.717, 1.165) is 20.8 Å². The van der Waals surface area contributed by atoms with Crippen molar-refractivity contribution in [3.63, 3.8) is 0 Å². The van der Waals surface area contributed by atoms with Crippen molar-refractivity contribution < 1.29 is 4.79 Å². The van der Waals surface area contributed by atoms with Crippen LogP contribution >= 0.6 is 35.3 Å². The quantitative estimate of drug-likeness (QED) is 0.703. The van der Waals surface area contributed by atoms with Gasteiger partial charge in [0.15, 0.2) is 0 Å². The minimum absolute atomic E-state index is 0.107. The standard InChI is InChI=1S/C12H8N2OS3/c15-12(11-4-8(16)5-17-11)14-7-1-2-9-10(3-7)18-6-13-9/h1-6,16H,(H,14,15). The SMILES string of the molecule is O=C(Nc1ccc2ncsc2c1)c1cc(S)cs1. The van der Waals surface area contributed by atoms with E-state index >= 15 is 0 Å². The van der Waals surface area contributed by atoms with Crippen molar-refractivity contribution in [2.45, 2.75) is 4.90 Å². The minimum atomic E-state index is -0.107. The maximum absolute atomic E-state index is 12.0. The van der Waals surface area contributed by atoms with Gasteiger partial charge < -0.3 is 5.32 Å². The van der Waals surface area contributed by atoms with Crippen LogP contribution in [0.2, 0.25) is 0 Å². The highest BCUT2D eigenvalue weighted by Gasteiger charge is 2.09. The zero-order valence-corrected chi connectivity index (χ0v) is 11.6. The molecule has 0 saturated carbocycles. The summed E-state index contributed by atoms with van der Waals surface area (Å²) >= 11 is 7.13. The molecule has 0 bridgehead atoms. The molecule has 2 heterocycles. The molecule has 2 aromatic heterocycles. The van der Waals surface area contributed by atoms with E-state index in [2.05, 4.69) is 22.9 Å². The molecule has 0 aliphatic heterocycles. The number of amides is 1. The first-order chi connectivity index (χ1) is 8.72. The average Bonchev–Trinajstić information content (AvgIpc) is 2.96. The van der Waals surface area contributed by atoms with E-state index in [1.807, 2.05) is 23.6 Å². The van der Waals surface area contributed by atoms with Gasteiger partial charge in [-0.2, -0.15) is 0 Å². The Morgan fingerprint density at radius 1 is 1.28 bits per heavy atom. The number of thiazole rings is 1. The monoisotopic (exact) mass is 292 g/mol. The van der Waals surface area contributed by atoms with Gasteiger partial charge >= 0.3 is 0 Å². The minimum Gasteiger partial charge on any atom is -0.321 e. The van der Waals surface area contributed by atoms with Crippen LogP contribution in [-0.2, 0) is 0 Å². The zero-order chi connectivity index (χ0) is 12.5. The molecule has 18 heavy (non-hydrogen) atoms. The molecule has 0 aliphatic carbocycles. The number of nitrogens with one attached hydrogen (secondary N) is 1. The molecule has 0 radical (unpaired) electrons. The van der Waals surface area contributed by atoms with Crippen LogP contribution < -0.4 is 5.32 Å². The number of thiophene rings is 1. The summed E-state index contributed by atoms with van der Waals surface area (Å²) in [6.45, 7) is 0. The Kier molecular flexibility index (Phi) is 3.07. The molecule has 0 aliphatic rings. The molecule has 3 nitrogen and oxygen atoms in total. The number of benzene rings is 1. The van der Waals surface area contributed by atoms with Crippen LogP contribution in [0, 0.1) is 0 Å². The Morgan fingerprint density at radius 3 is 2.94 bits per heavy atom. The first-order valence-corrected chi connectivity index (χ1v) is 7.35. The van der Waals surface area contributed by atoms with Gasteiger partial charge in [0.1, 0.15) is 0 Å². The lowest BCUT2D eigenvalue weighted by Gasteiger charge is -2.02. The van der Waals surface area contributed by atoms with Crippen molar-refractivity contribution >= 4 is 57.1 Å². The summed E-state index contributed by atoms with van der Waals surface area (Å²) < 4.78 is 1.06. The van der Waals surface area contributed by atoms with E-state index < -0.39 is 0 Å². The van der Waals surface area contributed by atoms with Gasteiger partial charge in [0.25, 0.3) is 5.91 Å². The van der Waals surface area contributed by atoms with Gasteiger partial charge in [-0.15, -0.1) is 35.3 Å². The molecular formula is C12H8N2OS3. The van der Waals surface area contributed by atoms with Crippen LogP contribution in [0.5, 0.6) is 0 Å². The van der Waals surface area contributed by atoms with Gasteiger partial charge in [-0.25, -0.2) is 4.98 Å². The lowest BCUT2D eigenvalue weighted by Crippen LogP contribution is -2.09. The molecule has 3 aromatic rings. The third kappa shape index (κ3) is 2.27. The predicted octanol–water partition coefficient (Wildman–Crippen LogP) is 3.90. The van der Waals surface area contributed by atoms with Crippen LogP contribution in [0.4, 0.5) is 5.69 Å². The Balaban J connectivity index is 1.85. The van der Waals surface area contributed by atoms with Crippen molar-refractivity contribution in [1.29, 1.82) is 0 Å². The molecule has 0 fully saturated rings. The topological polar surface area (TPSA) is 42.0 Å². The fourth-order valence-corrected chi connectivity index (χ4v) is 3.33. The number of carbonyl (C=O) groups is 1. The van der Waals surface area contributed by atoms with E-state index in [0.29, 0.717) is 4.88 Å². The van der Waals surface area contributed by atoms with E-state index in [-0.39, 0.29) is 5.91 Å². The molecule has 1 amide bonds. The summed E-state index contributed by atoms with van der Waals surface area (Å²) in [6.07, 6.45) is 0. The normalized spacial score (nSPS) is 10.7. The highest BCUT2D eigenvalue weighted by molar-refractivity contribution is 7.80. The third-order valence-electron chi connectivity index (χ3n) is 2.40. The van der Waals surface area contributed by atoms with E-state index in [1.165, 1.54) is 11.3 Å². The number of hydrogen-bond acceptors (Lipinski definition) is 5. The largest absolute Gasteiger partial charge is 0.321 e. The van der Waals surface area contributed by atoms with Gasteiger partial charge in [0, 0.05) is 16.0 Å². The number of carbonyl (C=O) groups excluding carboxylic acids is 1. The number of anilines is 1. The molecular weight excluding hydrogens is 284 g/mol. The highest BCUT2D eigenvalue weighted by atomic mass is 32.1. The average molecular weight is 292 g/mol. The van der Waals surface area contributed by atoms with Crippen molar-refractivity contribution in [2.24, 2.45) is 0 Å². The van der Waals surface area contributed by atoms with Crippen LogP contribution in [0.1, 0.15) is 9.67 Å². The Bertz CT molecular complexity index is 717. The molecule has 1 aromatic carbocycles. The predicted molar refractivity (Wildman–Crippen MR) is 79.1 cm³/mol. The van der Waals surface area contributed by atoms with Crippen LogP contribution in [0.3, 0.4) is 0 Å². The van der Waals surface area contributed by atoms with Crippen LogP contribution in [0.15, 0.2) is 40.1 Å². The second-order valence-electron chi connectivity index (χ2n) is 3.66. The van der Waals surface area contributed by atoms with E-state index in [1.54, 1.807) is 22.9 Å². The van der Waals surface area contributed by atoms with Gasteiger partial charge in [0.2, 0.25) is 0 Å². The number of fused-ring (bicyclic) bond motifs is 1. The summed E-state index contributed by atoms with van der Waals surface area (Å²) in [5.74, 6) is -0.107. The van der Waals surface area contributed by atoms with Gasteiger partial charge in [-0.05, 0) is 24.3 Å². The van der Waals surface area contributed by atoms with Crippen molar-refractivity contribution in [3.8, 4) is 0 Å². The smallest absolute Gasteiger partial charge is 0.265 e. The summed E-state index contributed by atoms with van der Waals surface area (Å²) in [7, 11) is 0. The molecule has 1 N–H and O–H groups in total. The fraction of sp³-hybridized carbons (Fsp3) is 0. The highest BCUT2D eigenvalue weighted by Crippen LogP contribution is 2.23. The van der Waals surface area contributed by atoms with Crippen molar-refractivity contribution in [2.75, 3.05) is 5.32 Å². The fourth-order valence-electron chi connectivity index (χ4n) is 1.57. The maximum Gasteiger partial charge on any atom is 0.265 e. The lowest BCUT2D eigenvalue weighted by molar-refractivity contribution is 0.103. The Morgan fingerprint density at radius 2 is 2.17 bits per heavy atom. The number of thiol groups is 1. The summed E-state index contributed by atoms with van der Waals surface area (Å²) in [5, 5.41) is 4.71. The first-order valence-electron chi connectivity index (χ1n) is 5.14. The second kappa shape index (κ2) is 4.72. The molecule has 0 saturated heterocycles. The van der Waals surface area contributed by atoms with Crippen molar-refractivity contribution in [1.82, 2.24) is 4.98 Å². The molecule has 90 valence electrons. The number of rotatable bonds is 2. The molecule has 0 unspecified atom stereocenters. The van der Waals surface area contributed by atoms with Gasteiger partial charge in [0.05, 0.1) is 20.6 Å². The van der Waals surface area contributed by atoms with Crippen LogP contribution in [0.25, 0.3) is 10.2 Å². The molecule has 6 heteroatoms. The number of aromatic nitrogens is 1. The van der Waals surface area contributed by atoms with Crippen LogP contribution in [-0.4, -0.2) is 10.9 Å². The van der Waals surface area contributed by atoms with Gasteiger partial charge in [-0.1, -0.05) is 0 Å². The van der Waals surface area contributed by atoms with Crippen molar-refractivity contribution in [3.05, 3.63) is 40.0 Å². The second-order valence-corrected chi connectivity index (χ2v) is 5.97. The Labute approximate surface area is 117 Å². The first kappa shape index (κ1) is 11.7. The zero-order valence-electron chi connectivity index (χ0n) is 9.08. The summed E-state index contributed by atoms with van der Waals surface area (Å²) in [6, 6.07) is 7.45. The third-order valence-corrected chi connectivity index (χ3v) is 4.55. The summed E-state index contributed by atoms with van der Waals surface area (Å²) in [5.41, 5.74) is 3.53. The number of nitrogens with zero attached hydrogens (tertiary/aromatic N) is 1. The molecule has 0 atom stereocenters. The van der Waals surface area contributed by atoms with E-state index in [4.69, 9.17) is 0 Å². The molecule has 0 spiro atoms. The van der Waals surface area contributed by atoms with Gasteiger partial charge in [-0.3, -0.25) is 4.79 Å². The van der Waals surface area contributed by atoms with E-state index in [9.17, 15) is 4.79 Å². The molecule has 3 rings (SSSR count). The maximum atomic E-state index is 12.0.